The Bertz CT molecular complexity index is 810. The normalized spacial score (nSPS) is 12.5. The predicted octanol–water partition coefficient (Wildman–Crippen LogP) is 2.05. The van der Waals surface area contributed by atoms with E-state index < -0.39 is 11.2 Å². The van der Waals surface area contributed by atoms with Gasteiger partial charge in [0.05, 0.1) is 5.69 Å². The average Bonchev–Trinajstić information content (AvgIpc) is 2.45. The first kappa shape index (κ1) is 14.0. The van der Waals surface area contributed by atoms with Crippen LogP contribution in [-0.4, -0.2) is 16.2 Å². The SMILES string of the molecule is CCOCn1c2c(c(=O)[nH]c1=O)Nc1ccc(C)cc1S2. The number of fused-ring (bicyclic) bond motifs is 2. The molecule has 0 radical (unpaired) electrons. The topological polar surface area (TPSA) is 76.1 Å². The van der Waals surface area contributed by atoms with Crippen LogP contribution in [0.25, 0.3) is 0 Å². The molecule has 0 saturated heterocycles. The first-order chi connectivity index (χ1) is 10.1. The fraction of sp³-hybridized carbons (Fsp3) is 0.286. The van der Waals surface area contributed by atoms with Crippen molar-refractivity contribution in [2.75, 3.05) is 11.9 Å². The number of hydrogen-bond acceptors (Lipinski definition) is 5. The number of ether oxygens (including phenoxy) is 1. The van der Waals surface area contributed by atoms with Crippen LogP contribution < -0.4 is 16.6 Å². The molecule has 21 heavy (non-hydrogen) atoms. The summed E-state index contributed by atoms with van der Waals surface area (Å²) in [6.45, 7) is 4.47. The summed E-state index contributed by atoms with van der Waals surface area (Å²) in [5, 5.41) is 3.68. The number of aromatic nitrogens is 2. The van der Waals surface area contributed by atoms with Crippen molar-refractivity contribution in [2.45, 2.75) is 30.5 Å². The van der Waals surface area contributed by atoms with Crippen LogP contribution in [0.4, 0.5) is 11.4 Å². The van der Waals surface area contributed by atoms with Crippen molar-refractivity contribution in [3.63, 3.8) is 0 Å². The molecule has 2 aromatic rings. The molecule has 110 valence electrons. The van der Waals surface area contributed by atoms with E-state index >= 15 is 0 Å². The third-order valence-corrected chi connectivity index (χ3v) is 4.36. The molecule has 1 aromatic carbocycles. The maximum Gasteiger partial charge on any atom is 0.331 e. The van der Waals surface area contributed by atoms with Crippen molar-refractivity contribution < 1.29 is 4.74 Å². The highest BCUT2D eigenvalue weighted by Gasteiger charge is 2.22. The molecular weight excluding hydrogens is 290 g/mol. The Labute approximate surface area is 125 Å². The van der Waals surface area contributed by atoms with Crippen molar-refractivity contribution >= 4 is 23.1 Å². The van der Waals surface area contributed by atoms with Crippen LogP contribution in [0.2, 0.25) is 0 Å². The minimum Gasteiger partial charge on any atom is -0.361 e. The third-order valence-electron chi connectivity index (χ3n) is 3.18. The summed E-state index contributed by atoms with van der Waals surface area (Å²) in [6, 6.07) is 5.92. The molecule has 7 heteroatoms. The Morgan fingerprint density at radius 3 is 2.90 bits per heavy atom. The Hall–Kier alpha value is -1.99. The van der Waals surface area contributed by atoms with Gasteiger partial charge in [-0.05, 0) is 31.5 Å². The van der Waals surface area contributed by atoms with Gasteiger partial charge in [0.15, 0.2) is 0 Å². The summed E-state index contributed by atoms with van der Waals surface area (Å²) in [4.78, 5) is 27.3. The van der Waals surface area contributed by atoms with Gasteiger partial charge in [0.2, 0.25) is 0 Å². The van der Waals surface area contributed by atoms with Crippen LogP contribution in [0.5, 0.6) is 0 Å². The van der Waals surface area contributed by atoms with E-state index in [0.717, 1.165) is 16.1 Å². The number of rotatable bonds is 3. The second kappa shape index (κ2) is 5.42. The quantitative estimate of drug-likeness (QED) is 0.724. The number of nitrogens with zero attached hydrogens (tertiary/aromatic N) is 1. The van der Waals surface area contributed by atoms with Crippen LogP contribution in [0.15, 0.2) is 37.7 Å². The van der Waals surface area contributed by atoms with Crippen molar-refractivity contribution in [3.8, 4) is 0 Å². The molecule has 1 aliphatic heterocycles. The van der Waals surface area contributed by atoms with Crippen LogP contribution in [0.3, 0.4) is 0 Å². The van der Waals surface area contributed by atoms with Gasteiger partial charge >= 0.3 is 5.69 Å². The van der Waals surface area contributed by atoms with Gasteiger partial charge in [-0.25, -0.2) is 4.79 Å². The molecule has 0 spiro atoms. The van der Waals surface area contributed by atoms with E-state index in [1.54, 1.807) is 0 Å². The van der Waals surface area contributed by atoms with Gasteiger partial charge in [-0.2, -0.15) is 0 Å². The molecule has 3 rings (SSSR count). The fourth-order valence-electron chi connectivity index (χ4n) is 2.12. The molecule has 0 amide bonds. The Morgan fingerprint density at radius 2 is 2.14 bits per heavy atom. The van der Waals surface area contributed by atoms with Gasteiger partial charge in [-0.1, -0.05) is 17.8 Å². The van der Waals surface area contributed by atoms with Crippen molar-refractivity contribution in [1.82, 2.24) is 9.55 Å². The number of hydrogen-bond donors (Lipinski definition) is 2. The molecule has 0 unspecified atom stereocenters. The lowest BCUT2D eigenvalue weighted by Crippen LogP contribution is -2.34. The lowest BCUT2D eigenvalue weighted by atomic mass is 10.2. The summed E-state index contributed by atoms with van der Waals surface area (Å²) in [6.07, 6.45) is 0. The van der Waals surface area contributed by atoms with E-state index in [2.05, 4.69) is 10.3 Å². The van der Waals surface area contributed by atoms with Crippen LogP contribution in [-0.2, 0) is 11.5 Å². The molecule has 1 aromatic heterocycles. The second-order valence-corrected chi connectivity index (χ2v) is 5.75. The molecule has 2 heterocycles. The predicted molar refractivity (Wildman–Crippen MR) is 81.5 cm³/mol. The summed E-state index contributed by atoms with van der Waals surface area (Å²) < 4.78 is 6.75. The molecule has 1 aliphatic rings. The third kappa shape index (κ3) is 2.50. The van der Waals surface area contributed by atoms with Crippen LogP contribution in [0, 0.1) is 6.92 Å². The first-order valence-electron chi connectivity index (χ1n) is 6.60. The van der Waals surface area contributed by atoms with Crippen molar-refractivity contribution in [3.05, 3.63) is 44.6 Å². The smallest absolute Gasteiger partial charge is 0.331 e. The average molecular weight is 305 g/mol. The number of aromatic amines is 1. The monoisotopic (exact) mass is 305 g/mol. The lowest BCUT2D eigenvalue weighted by Gasteiger charge is -2.23. The second-order valence-electron chi connectivity index (χ2n) is 4.72. The largest absolute Gasteiger partial charge is 0.361 e. The van der Waals surface area contributed by atoms with Gasteiger partial charge < -0.3 is 10.1 Å². The van der Waals surface area contributed by atoms with Crippen LogP contribution >= 0.6 is 11.8 Å². The van der Waals surface area contributed by atoms with Gasteiger partial charge in [0.25, 0.3) is 5.56 Å². The van der Waals surface area contributed by atoms with Gasteiger partial charge in [-0.3, -0.25) is 14.3 Å². The summed E-state index contributed by atoms with van der Waals surface area (Å²) in [5.41, 5.74) is 1.50. The summed E-state index contributed by atoms with van der Waals surface area (Å²) in [7, 11) is 0. The van der Waals surface area contributed by atoms with Crippen molar-refractivity contribution in [1.29, 1.82) is 0 Å². The summed E-state index contributed by atoms with van der Waals surface area (Å²) >= 11 is 1.40. The van der Waals surface area contributed by atoms with E-state index in [0.29, 0.717) is 17.3 Å². The van der Waals surface area contributed by atoms with E-state index in [4.69, 9.17) is 4.74 Å². The molecule has 2 N–H and O–H groups in total. The highest BCUT2D eigenvalue weighted by Crippen LogP contribution is 2.42. The van der Waals surface area contributed by atoms with Gasteiger partial charge in [-0.15, -0.1) is 0 Å². The zero-order valence-corrected chi connectivity index (χ0v) is 12.5. The summed E-state index contributed by atoms with van der Waals surface area (Å²) in [5.74, 6) is 0. The first-order valence-corrected chi connectivity index (χ1v) is 7.42. The molecule has 0 atom stereocenters. The minimum absolute atomic E-state index is 0.115. The van der Waals surface area contributed by atoms with E-state index in [1.807, 2.05) is 32.0 Å². The van der Waals surface area contributed by atoms with E-state index in [-0.39, 0.29) is 6.73 Å². The van der Waals surface area contributed by atoms with Crippen LogP contribution in [0.1, 0.15) is 12.5 Å². The highest BCUT2D eigenvalue weighted by molar-refractivity contribution is 7.99. The fourth-order valence-corrected chi connectivity index (χ4v) is 3.30. The zero-order valence-electron chi connectivity index (χ0n) is 11.7. The standard InChI is InChI=1S/C14H15N3O3S/c1-3-20-7-17-13-11(12(18)16-14(17)19)15-9-5-4-8(2)6-10(9)21-13/h4-6,15H,3,7H2,1-2H3,(H,16,18,19). The highest BCUT2D eigenvalue weighted by atomic mass is 32.2. The molecule has 6 nitrogen and oxygen atoms in total. The molecule has 0 fully saturated rings. The number of H-pyrrole nitrogens is 1. The van der Waals surface area contributed by atoms with Crippen molar-refractivity contribution in [2.24, 2.45) is 0 Å². The molecular formula is C14H15N3O3S. The number of anilines is 2. The zero-order chi connectivity index (χ0) is 15.0. The van der Waals surface area contributed by atoms with E-state index in [9.17, 15) is 9.59 Å². The molecule has 0 bridgehead atoms. The Balaban J connectivity index is 2.14. The lowest BCUT2D eigenvalue weighted by molar-refractivity contribution is 0.0785. The Kier molecular flexibility index (Phi) is 3.60. The number of nitrogens with one attached hydrogen (secondary N) is 2. The van der Waals surface area contributed by atoms with Gasteiger partial charge in [0, 0.05) is 11.5 Å². The maximum absolute atomic E-state index is 12.0. The Morgan fingerprint density at radius 1 is 1.33 bits per heavy atom. The van der Waals surface area contributed by atoms with E-state index in [1.165, 1.54) is 16.3 Å². The molecule has 0 aliphatic carbocycles. The van der Waals surface area contributed by atoms with Gasteiger partial charge in [0.1, 0.15) is 17.4 Å². The maximum atomic E-state index is 12.0. The number of benzene rings is 1. The minimum atomic E-state index is -0.461. The number of aryl methyl sites for hydroxylation is 1. The molecule has 0 saturated carbocycles.